The normalized spacial score (nSPS) is 10.9. The molecule has 0 amide bonds. The van der Waals surface area contributed by atoms with Crippen molar-refractivity contribution in [1.29, 1.82) is 0 Å². The first-order chi connectivity index (χ1) is 5.68. The molecule has 0 aliphatic carbocycles. The minimum absolute atomic E-state index is 0.772. The van der Waals surface area contributed by atoms with E-state index in [2.05, 4.69) is 9.97 Å². The number of imidazole rings is 1. The predicted molar refractivity (Wildman–Crippen MR) is 50.6 cm³/mol. The Kier molecular flexibility index (Phi) is 1.58. The van der Waals surface area contributed by atoms with Gasteiger partial charge in [0.2, 0.25) is 0 Å². The van der Waals surface area contributed by atoms with Gasteiger partial charge in [0, 0.05) is 5.02 Å². The molecular formula is C9H9ClN2. The van der Waals surface area contributed by atoms with Gasteiger partial charge in [-0.1, -0.05) is 11.6 Å². The number of benzene rings is 1. The van der Waals surface area contributed by atoms with Gasteiger partial charge in [-0.3, -0.25) is 0 Å². The third kappa shape index (κ3) is 0.994. The molecule has 12 heavy (non-hydrogen) atoms. The van der Waals surface area contributed by atoms with Crippen molar-refractivity contribution in [3.63, 3.8) is 0 Å². The van der Waals surface area contributed by atoms with E-state index in [9.17, 15) is 0 Å². The summed E-state index contributed by atoms with van der Waals surface area (Å²) in [6.07, 6.45) is 0. The predicted octanol–water partition coefficient (Wildman–Crippen LogP) is 2.83. The second-order valence-corrected chi connectivity index (χ2v) is 3.30. The molecule has 0 bridgehead atoms. The zero-order valence-corrected chi connectivity index (χ0v) is 7.74. The average Bonchev–Trinajstić information content (AvgIpc) is 2.39. The molecule has 1 N–H and O–H groups in total. The van der Waals surface area contributed by atoms with E-state index in [0.717, 1.165) is 27.4 Å². The summed E-state index contributed by atoms with van der Waals surface area (Å²) < 4.78 is 0. The smallest absolute Gasteiger partial charge is 0.104 e. The van der Waals surface area contributed by atoms with Gasteiger partial charge < -0.3 is 4.98 Å². The number of halogens is 1. The van der Waals surface area contributed by atoms with E-state index in [-0.39, 0.29) is 0 Å². The van der Waals surface area contributed by atoms with Gasteiger partial charge in [-0.2, -0.15) is 0 Å². The highest BCUT2D eigenvalue weighted by molar-refractivity contribution is 6.32. The van der Waals surface area contributed by atoms with Crippen molar-refractivity contribution in [1.82, 2.24) is 9.97 Å². The van der Waals surface area contributed by atoms with Crippen LogP contribution in [0.3, 0.4) is 0 Å². The molecular weight excluding hydrogens is 172 g/mol. The monoisotopic (exact) mass is 180 g/mol. The van der Waals surface area contributed by atoms with Crippen molar-refractivity contribution in [2.24, 2.45) is 0 Å². The van der Waals surface area contributed by atoms with E-state index >= 15 is 0 Å². The second kappa shape index (κ2) is 2.49. The number of nitrogens with zero attached hydrogens (tertiary/aromatic N) is 1. The number of hydrogen-bond donors (Lipinski definition) is 1. The van der Waals surface area contributed by atoms with Crippen LogP contribution in [-0.4, -0.2) is 9.97 Å². The largest absolute Gasteiger partial charge is 0.342 e. The standard InChI is InChI=1S/C9H9ClN2/c1-5-7(10)3-4-8-9(5)12-6(2)11-8/h3-4H,1-2H3,(H,11,12). The van der Waals surface area contributed by atoms with E-state index < -0.39 is 0 Å². The van der Waals surface area contributed by atoms with Crippen LogP contribution in [0.5, 0.6) is 0 Å². The summed E-state index contributed by atoms with van der Waals surface area (Å²) in [6, 6.07) is 3.83. The van der Waals surface area contributed by atoms with Crippen LogP contribution in [0.4, 0.5) is 0 Å². The summed E-state index contributed by atoms with van der Waals surface area (Å²) in [4.78, 5) is 7.49. The first-order valence-corrected chi connectivity index (χ1v) is 4.17. The third-order valence-electron chi connectivity index (χ3n) is 1.96. The molecule has 2 rings (SSSR count). The Morgan fingerprint density at radius 1 is 1.33 bits per heavy atom. The van der Waals surface area contributed by atoms with Crippen LogP contribution >= 0.6 is 11.6 Å². The SMILES string of the molecule is Cc1nc2c(C)c(Cl)ccc2[nH]1. The lowest BCUT2D eigenvalue weighted by atomic mass is 10.2. The first kappa shape index (κ1) is 7.62. The lowest BCUT2D eigenvalue weighted by Gasteiger charge is -1.96. The lowest BCUT2D eigenvalue weighted by molar-refractivity contribution is 1.17. The Bertz CT molecular complexity index is 431. The van der Waals surface area contributed by atoms with Crippen molar-refractivity contribution in [2.75, 3.05) is 0 Å². The number of aromatic nitrogens is 2. The van der Waals surface area contributed by atoms with Crippen LogP contribution in [0.1, 0.15) is 11.4 Å². The number of nitrogens with one attached hydrogen (secondary N) is 1. The van der Waals surface area contributed by atoms with E-state index in [4.69, 9.17) is 11.6 Å². The zero-order chi connectivity index (χ0) is 8.72. The topological polar surface area (TPSA) is 28.7 Å². The van der Waals surface area contributed by atoms with Crippen LogP contribution in [0.15, 0.2) is 12.1 Å². The molecule has 0 saturated carbocycles. The average molecular weight is 181 g/mol. The molecule has 3 heteroatoms. The van der Waals surface area contributed by atoms with Crippen LogP contribution in [-0.2, 0) is 0 Å². The van der Waals surface area contributed by atoms with Gasteiger partial charge in [0.05, 0.1) is 11.0 Å². The zero-order valence-electron chi connectivity index (χ0n) is 6.98. The van der Waals surface area contributed by atoms with Crippen molar-refractivity contribution in [2.45, 2.75) is 13.8 Å². The van der Waals surface area contributed by atoms with E-state index in [1.807, 2.05) is 26.0 Å². The summed E-state index contributed by atoms with van der Waals surface area (Å²) in [7, 11) is 0. The Morgan fingerprint density at radius 2 is 2.08 bits per heavy atom. The van der Waals surface area contributed by atoms with Gasteiger partial charge in [0.25, 0.3) is 0 Å². The Morgan fingerprint density at radius 3 is 2.83 bits per heavy atom. The van der Waals surface area contributed by atoms with Gasteiger partial charge in [-0.15, -0.1) is 0 Å². The number of fused-ring (bicyclic) bond motifs is 1. The Labute approximate surface area is 75.6 Å². The number of rotatable bonds is 0. The van der Waals surface area contributed by atoms with Crippen molar-refractivity contribution in [3.05, 3.63) is 28.5 Å². The summed E-state index contributed by atoms with van der Waals surface area (Å²) in [5.41, 5.74) is 3.06. The molecule has 0 aliphatic rings. The molecule has 62 valence electrons. The second-order valence-electron chi connectivity index (χ2n) is 2.89. The van der Waals surface area contributed by atoms with E-state index in [1.165, 1.54) is 0 Å². The summed E-state index contributed by atoms with van der Waals surface area (Å²) >= 11 is 5.94. The van der Waals surface area contributed by atoms with Gasteiger partial charge in [-0.05, 0) is 31.5 Å². The summed E-state index contributed by atoms with van der Waals surface area (Å²) in [5, 5.41) is 0.772. The number of aryl methyl sites for hydroxylation is 2. The maximum absolute atomic E-state index is 5.94. The maximum atomic E-state index is 5.94. The minimum Gasteiger partial charge on any atom is -0.342 e. The molecule has 2 aromatic rings. The van der Waals surface area contributed by atoms with Crippen molar-refractivity contribution >= 4 is 22.6 Å². The van der Waals surface area contributed by atoms with Crippen molar-refractivity contribution in [3.8, 4) is 0 Å². The fraction of sp³-hybridized carbons (Fsp3) is 0.222. The Hall–Kier alpha value is -1.02. The molecule has 0 fully saturated rings. The molecule has 0 spiro atoms. The van der Waals surface area contributed by atoms with E-state index in [1.54, 1.807) is 0 Å². The highest BCUT2D eigenvalue weighted by atomic mass is 35.5. The van der Waals surface area contributed by atoms with Crippen LogP contribution in [0.2, 0.25) is 5.02 Å². The maximum Gasteiger partial charge on any atom is 0.104 e. The minimum atomic E-state index is 0.772. The third-order valence-corrected chi connectivity index (χ3v) is 2.37. The number of H-pyrrole nitrogens is 1. The highest BCUT2D eigenvalue weighted by Gasteiger charge is 2.04. The highest BCUT2D eigenvalue weighted by Crippen LogP contribution is 2.22. The van der Waals surface area contributed by atoms with Gasteiger partial charge in [0.1, 0.15) is 5.82 Å². The van der Waals surface area contributed by atoms with Crippen LogP contribution in [0.25, 0.3) is 11.0 Å². The van der Waals surface area contributed by atoms with Gasteiger partial charge in [-0.25, -0.2) is 4.98 Å². The number of hydrogen-bond acceptors (Lipinski definition) is 1. The van der Waals surface area contributed by atoms with Crippen LogP contribution < -0.4 is 0 Å². The quantitative estimate of drug-likeness (QED) is 0.664. The molecule has 2 nitrogen and oxygen atoms in total. The first-order valence-electron chi connectivity index (χ1n) is 3.80. The molecule has 1 aromatic carbocycles. The van der Waals surface area contributed by atoms with Crippen LogP contribution in [0, 0.1) is 13.8 Å². The lowest BCUT2D eigenvalue weighted by Crippen LogP contribution is -1.77. The van der Waals surface area contributed by atoms with E-state index in [0.29, 0.717) is 0 Å². The fourth-order valence-electron chi connectivity index (χ4n) is 1.31. The Balaban J connectivity index is 2.89. The van der Waals surface area contributed by atoms with Gasteiger partial charge >= 0.3 is 0 Å². The molecule has 1 aromatic heterocycles. The molecule has 0 aliphatic heterocycles. The molecule has 0 unspecified atom stereocenters. The fourth-order valence-corrected chi connectivity index (χ4v) is 1.46. The van der Waals surface area contributed by atoms with Gasteiger partial charge in [0.15, 0.2) is 0 Å². The molecule has 0 atom stereocenters. The molecule has 1 heterocycles. The summed E-state index contributed by atoms with van der Waals surface area (Å²) in [5.74, 6) is 0.926. The summed E-state index contributed by atoms with van der Waals surface area (Å²) in [6.45, 7) is 3.91. The molecule has 0 radical (unpaired) electrons. The van der Waals surface area contributed by atoms with Crippen molar-refractivity contribution < 1.29 is 0 Å². The molecule has 0 saturated heterocycles. The number of aromatic amines is 1.